The van der Waals surface area contributed by atoms with Crippen molar-refractivity contribution in [2.45, 2.75) is 44.7 Å². The number of aromatic hydroxyl groups is 1. The first kappa shape index (κ1) is 12.2. The number of hydrogen-bond donors (Lipinski definition) is 2. The van der Waals surface area contributed by atoms with Crippen LogP contribution in [0.3, 0.4) is 0 Å². The molecule has 3 heteroatoms. The Kier molecular flexibility index (Phi) is 3.57. The molecule has 1 aromatic rings. The second-order valence-electron chi connectivity index (χ2n) is 4.85. The van der Waals surface area contributed by atoms with Crippen molar-refractivity contribution >= 4 is 0 Å². The van der Waals surface area contributed by atoms with Gasteiger partial charge in [-0.3, -0.25) is 0 Å². The van der Waals surface area contributed by atoms with Crippen molar-refractivity contribution in [3.63, 3.8) is 0 Å². The molecule has 1 fully saturated rings. The molecule has 1 saturated carbocycles. The van der Waals surface area contributed by atoms with Gasteiger partial charge in [0.25, 0.3) is 0 Å². The number of hydrogen-bond acceptors (Lipinski definition) is 3. The summed E-state index contributed by atoms with van der Waals surface area (Å²) >= 11 is 0. The van der Waals surface area contributed by atoms with Crippen LogP contribution < -0.4 is 10.1 Å². The maximum atomic E-state index is 9.70. The lowest BCUT2D eigenvalue weighted by molar-refractivity contribution is 0.175. The second-order valence-corrected chi connectivity index (χ2v) is 4.85. The molecule has 0 atom stereocenters. The van der Waals surface area contributed by atoms with Crippen LogP contribution in [0.5, 0.6) is 11.5 Å². The van der Waals surface area contributed by atoms with Gasteiger partial charge >= 0.3 is 0 Å². The molecule has 0 spiro atoms. The summed E-state index contributed by atoms with van der Waals surface area (Å²) in [6.45, 7) is 3.04. The van der Waals surface area contributed by atoms with Crippen molar-refractivity contribution in [1.29, 1.82) is 0 Å². The predicted molar refractivity (Wildman–Crippen MR) is 68.4 cm³/mol. The third kappa shape index (κ3) is 2.55. The molecule has 17 heavy (non-hydrogen) atoms. The Balaban J connectivity index is 1.97. The summed E-state index contributed by atoms with van der Waals surface area (Å²) in [4.78, 5) is 0. The van der Waals surface area contributed by atoms with E-state index in [1.54, 1.807) is 13.2 Å². The summed E-state index contributed by atoms with van der Waals surface area (Å²) in [5, 5.41) is 13.3. The highest BCUT2D eigenvalue weighted by molar-refractivity contribution is 5.41. The number of nitrogens with one attached hydrogen (secondary N) is 1. The Morgan fingerprint density at radius 2 is 2.18 bits per heavy atom. The molecule has 94 valence electrons. The average molecular weight is 235 g/mol. The Labute approximate surface area is 103 Å². The van der Waals surface area contributed by atoms with Crippen LogP contribution >= 0.6 is 0 Å². The minimum atomic E-state index is 0.214. The predicted octanol–water partition coefficient (Wildman–Crippen LogP) is 2.82. The van der Waals surface area contributed by atoms with Gasteiger partial charge in [0.15, 0.2) is 11.5 Å². The van der Waals surface area contributed by atoms with Crippen LogP contribution in [-0.2, 0) is 6.54 Å². The molecular weight excluding hydrogens is 214 g/mol. The van der Waals surface area contributed by atoms with Crippen molar-refractivity contribution in [1.82, 2.24) is 5.32 Å². The maximum absolute atomic E-state index is 9.70. The fourth-order valence-corrected chi connectivity index (χ4v) is 2.39. The third-order valence-electron chi connectivity index (χ3n) is 3.90. The van der Waals surface area contributed by atoms with Gasteiger partial charge in [0.05, 0.1) is 7.11 Å². The van der Waals surface area contributed by atoms with Crippen LogP contribution in [0.2, 0.25) is 0 Å². The standard InChI is InChI=1S/C14H21NO2/c1-3-14(7-4-8-14)15-10-11-5-6-13(17-2)12(16)9-11/h5-6,9,15-16H,3-4,7-8,10H2,1-2H3. The fraction of sp³-hybridized carbons (Fsp3) is 0.571. The molecule has 0 heterocycles. The Morgan fingerprint density at radius 3 is 2.65 bits per heavy atom. The first-order valence-electron chi connectivity index (χ1n) is 6.30. The highest BCUT2D eigenvalue weighted by atomic mass is 16.5. The molecule has 0 unspecified atom stereocenters. The van der Waals surface area contributed by atoms with E-state index >= 15 is 0 Å². The van der Waals surface area contributed by atoms with Gasteiger partial charge in [0.1, 0.15) is 0 Å². The largest absolute Gasteiger partial charge is 0.504 e. The van der Waals surface area contributed by atoms with Gasteiger partial charge in [-0.05, 0) is 43.4 Å². The van der Waals surface area contributed by atoms with Crippen LogP contribution in [0.25, 0.3) is 0 Å². The van der Waals surface area contributed by atoms with E-state index in [4.69, 9.17) is 4.74 Å². The van der Waals surface area contributed by atoms with Crippen molar-refractivity contribution in [2.75, 3.05) is 7.11 Å². The second kappa shape index (κ2) is 4.96. The van der Waals surface area contributed by atoms with Gasteiger partial charge in [-0.15, -0.1) is 0 Å². The summed E-state index contributed by atoms with van der Waals surface area (Å²) in [6.07, 6.45) is 5.04. The lowest BCUT2D eigenvalue weighted by atomic mass is 9.75. The summed E-state index contributed by atoms with van der Waals surface area (Å²) in [7, 11) is 1.56. The van der Waals surface area contributed by atoms with E-state index in [-0.39, 0.29) is 5.75 Å². The molecule has 2 N–H and O–H groups in total. The van der Waals surface area contributed by atoms with E-state index in [1.165, 1.54) is 25.7 Å². The lowest BCUT2D eigenvalue weighted by Gasteiger charge is -2.42. The monoisotopic (exact) mass is 235 g/mol. The molecule has 0 aliphatic heterocycles. The molecule has 0 aromatic heterocycles. The first-order chi connectivity index (χ1) is 8.19. The summed E-state index contributed by atoms with van der Waals surface area (Å²) in [5.74, 6) is 0.744. The molecule has 0 bridgehead atoms. The summed E-state index contributed by atoms with van der Waals surface area (Å²) in [5.41, 5.74) is 1.44. The van der Waals surface area contributed by atoms with E-state index in [1.807, 2.05) is 12.1 Å². The Bertz CT molecular complexity index is 380. The van der Waals surface area contributed by atoms with E-state index in [2.05, 4.69) is 12.2 Å². The quantitative estimate of drug-likeness (QED) is 0.824. The van der Waals surface area contributed by atoms with Crippen LogP contribution in [-0.4, -0.2) is 17.8 Å². The molecule has 1 aliphatic carbocycles. The minimum Gasteiger partial charge on any atom is -0.504 e. The van der Waals surface area contributed by atoms with Crippen molar-refractivity contribution in [3.05, 3.63) is 23.8 Å². The van der Waals surface area contributed by atoms with Crippen LogP contribution in [0.4, 0.5) is 0 Å². The smallest absolute Gasteiger partial charge is 0.160 e. The van der Waals surface area contributed by atoms with Crippen LogP contribution in [0.1, 0.15) is 38.2 Å². The van der Waals surface area contributed by atoms with Crippen molar-refractivity contribution in [3.8, 4) is 11.5 Å². The molecule has 1 aromatic carbocycles. The summed E-state index contributed by atoms with van der Waals surface area (Å²) < 4.78 is 5.03. The topological polar surface area (TPSA) is 41.5 Å². The molecular formula is C14H21NO2. The average Bonchev–Trinajstić information content (AvgIpc) is 2.28. The van der Waals surface area contributed by atoms with Gasteiger partial charge in [-0.2, -0.15) is 0 Å². The number of methoxy groups -OCH3 is 1. The molecule has 0 amide bonds. The number of benzene rings is 1. The summed E-state index contributed by atoms with van der Waals surface area (Å²) in [6, 6.07) is 5.58. The number of ether oxygens (including phenoxy) is 1. The number of rotatable bonds is 5. The molecule has 0 radical (unpaired) electrons. The fourth-order valence-electron chi connectivity index (χ4n) is 2.39. The lowest BCUT2D eigenvalue weighted by Crippen LogP contribution is -2.49. The highest BCUT2D eigenvalue weighted by Gasteiger charge is 2.34. The molecule has 3 nitrogen and oxygen atoms in total. The Morgan fingerprint density at radius 1 is 1.41 bits per heavy atom. The zero-order valence-corrected chi connectivity index (χ0v) is 10.6. The van der Waals surface area contributed by atoms with Crippen LogP contribution in [0.15, 0.2) is 18.2 Å². The first-order valence-corrected chi connectivity index (χ1v) is 6.30. The van der Waals surface area contributed by atoms with Gasteiger partial charge in [0.2, 0.25) is 0 Å². The van der Waals surface area contributed by atoms with E-state index in [0.717, 1.165) is 12.1 Å². The third-order valence-corrected chi connectivity index (χ3v) is 3.90. The van der Waals surface area contributed by atoms with E-state index < -0.39 is 0 Å². The van der Waals surface area contributed by atoms with E-state index in [9.17, 15) is 5.11 Å². The Hall–Kier alpha value is -1.22. The SMILES string of the molecule is CCC1(NCc2ccc(OC)c(O)c2)CCC1. The van der Waals surface area contributed by atoms with Gasteiger partial charge in [-0.25, -0.2) is 0 Å². The van der Waals surface area contributed by atoms with Crippen molar-refractivity contribution < 1.29 is 9.84 Å². The zero-order chi connectivity index (χ0) is 12.3. The molecule has 1 aliphatic rings. The normalized spacial score (nSPS) is 17.5. The van der Waals surface area contributed by atoms with E-state index in [0.29, 0.717) is 11.3 Å². The minimum absolute atomic E-state index is 0.214. The van der Waals surface area contributed by atoms with Gasteiger partial charge in [-0.1, -0.05) is 13.0 Å². The van der Waals surface area contributed by atoms with Gasteiger partial charge in [0, 0.05) is 12.1 Å². The van der Waals surface area contributed by atoms with Crippen LogP contribution in [0, 0.1) is 0 Å². The number of phenols is 1. The number of phenolic OH excluding ortho intramolecular Hbond substituents is 1. The maximum Gasteiger partial charge on any atom is 0.160 e. The van der Waals surface area contributed by atoms with Gasteiger partial charge < -0.3 is 15.2 Å². The molecule has 2 rings (SSSR count). The van der Waals surface area contributed by atoms with Crippen molar-refractivity contribution in [2.24, 2.45) is 0 Å². The molecule has 0 saturated heterocycles. The highest BCUT2D eigenvalue weighted by Crippen LogP contribution is 2.35. The zero-order valence-electron chi connectivity index (χ0n) is 10.6.